The van der Waals surface area contributed by atoms with E-state index in [1.165, 1.54) is 6.08 Å². The van der Waals surface area contributed by atoms with Gasteiger partial charge >= 0.3 is 5.97 Å². The molecule has 20 heavy (non-hydrogen) atoms. The summed E-state index contributed by atoms with van der Waals surface area (Å²) >= 11 is 0. The molecule has 0 atom stereocenters. The zero-order valence-corrected chi connectivity index (χ0v) is 12.5. The third-order valence-corrected chi connectivity index (χ3v) is 2.23. The van der Waals surface area contributed by atoms with E-state index >= 15 is 0 Å². The van der Waals surface area contributed by atoms with Gasteiger partial charge in [0, 0.05) is 13.2 Å². The Morgan fingerprint density at radius 1 is 1.25 bits per heavy atom. The molecule has 0 N–H and O–H groups in total. The van der Waals surface area contributed by atoms with E-state index < -0.39 is 5.60 Å². The topological polar surface area (TPSA) is 44.8 Å². The Balaban J connectivity index is 2.59. The van der Waals surface area contributed by atoms with Gasteiger partial charge < -0.3 is 14.2 Å². The largest absolute Gasteiger partial charge is 0.491 e. The fourth-order valence-electron chi connectivity index (χ4n) is 1.45. The van der Waals surface area contributed by atoms with Crippen molar-refractivity contribution >= 4 is 12.0 Å². The lowest BCUT2D eigenvalue weighted by Gasteiger charge is -2.17. The Labute approximate surface area is 120 Å². The van der Waals surface area contributed by atoms with E-state index in [1.807, 2.05) is 45.0 Å². The van der Waals surface area contributed by atoms with Gasteiger partial charge in [-0.1, -0.05) is 12.1 Å². The molecule has 110 valence electrons. The molecule has 0 heterocycles. The number of ether oxygens (including phenoxy) is 3. The SMILES string of the molecule is COCCOc1cccc(/C=C/C(=O)OC(C)(C)C)c1. The number of rotatable bonds is 6. The zero-order valence-electron chi connectivity index (χ0n) is 12.5. The minimum atomic E-state index is -0.480. The summed E-state index contributed by atoms with van der Waals surface area (Å²) in [5.41, 5.74) is 0.401. The summed E-state index contributed by atoms with van der Waals surface area (Å²) in [4.78, 5) is 11.6. The molecule has 0 saturated carbocycles. The summed E-state index contributed by atoms with van der Waals surface area (Å²) in [6.07, 6.45) is 3.12. The molecule has 0 radical (unpaired) electrons. The second-order valence-corrected chi connectivity index (χ2v) is 5.28. The van der Waals surface area contributed by atoms with E-state index in [0.717, 1.165) is 11.3 Å². The predicted octanol–water partition coefficient (Wildman–Crippen LogP) is 3.07. The molecule has 4 heteroatoms. The van der Waals surface area contributed by atoms with Crippen LogP contribution in [0.1, 0.15) is 26.3 Å². The Morgan fingerprint density at radius 3 is 2.65 bits per heavy atom. The molecule has 0 unspecified atom stereocenters. The van der Waals surface area contributed by atoms with Gasteiger partial charge in [0.1, 0.15) is 18.0 Å². The number of carbonyl (C=O) groups is 1. The fraction of sp³-hybridized carbons (Fsp3) is 0.438. The van der Waals surface area contributed by atoms with Crippen molar-refractivity contribution in [1.82, 2.24) is 0 Å². The first kappa shape index (κ1) is 16.2. The standard InChI is InChI=1S/C16H22O4/c1-16(2,3)20-15(17)9-8-13-6-5-7-14(12-13)19-11-10-18-4/h5-9,12H,10-11H2,1-4H3/b9-8+. The van der Waals surface area contributed by atoms with Crippen LogP contribution in [0.2, 0.25) is 0 Å². The van der Waals surface area contributed by atoms with Crippen LogP contribution in [0.25, 0.3) is 6.08 Å². The average molecular weight is 278 g/mol. The normalized spacial score (nSPS) is 11.6. The monoisotopic (exact) mass is 278 g/mol. The number of hydrogen-bond donors (Lipinski definition) is 0. The van der Waals surface area contributed by atoms with Gasteiger partial charge in [0.2, 0.25) is 0 Å². The average Bonchev–Trinajstić information content (AvgIpc) is 2.35. The van der Waals surface area contributed by atoms with Crippen LogP contribution in [-0.4, -0.2) is 31.9 Å². The molecular weight excluding hydrogens is 256 g/mol. The number of esters is 1. The third-order valence-electron chi connectivity index (χ3n) is 2.23. The number of benzene rings is 1. The van der Waals surface area contributed by atoms with E-state index in [1.54, 1.807) is 13.2 Å². The van der Waals surface area contributed by atoms with Gasteiger partial charge in [-0.3, -0.25) is 0 Å². The smallest absolute Gasteiger partial charge is 0.331 e. The van der Waals surface area contributed by atoms with Crippen molar-refractivity contribution in [3.8, 4) is 5.75 Å². The molecule has 1 rings (SSSR count). The Kier molecular flexibility index (Phi) is 6.25. The summed E-state index contributed by atoms with van der Waals surface area (Å²) in [7, 11) is 1.63. The van der Waals surface area contributed by atoms with E-state index in [9.17, 15) is 4.79 Å². The number of hydrogen-bond acceptors (Lipinski definition) is 4. The lowest BCUT2D eigenvalue weighted by molar-refractivity contribution is -0.148. The highest BCUT2D eigenvalue weighted by molar-refractivity contribution is 5.87. The molecule has 0 aliphatic heterocycles. The van der Waals surface area contributed by atoms with Crippen LogP contribution >= 0.6 is 0 Å². The molecule has 4 nitrogen and oxygen atoms in total. The molecule has 0 saturated heterocycles. The molecule has 0 spiro atoms. The van der Waals surface area contributed by atoms with Gasteiger partial charge in [0.15, 0.2) is 0 Å². The molecule has 0 amide bonds. The highest BCUT2D eigenvalue weighted by Crippen LogP contribution is 2.15. The van der Waals surface area contributed by atoms with Gasteiger partial charge in [-0.05, 0) is 44.5 Å². The molecule has 0 aliphatic rings. The van der Waals surface area contributed by atoms with Crippen molar-refractivity contribution in [2.45, 2.75) is 26.4 Å². The summed E-state index contributed by atoms with van der Waals surface area (Å²) < 4.78 is 15.6. The van der Waals surface area contributed by atoms with Crippen molar-refractivity contribution < 1.29 is 19.0 Å². The highest BCUT2D eigenvalue weighted by atomic mass is 16.6. The number of methoxy groups -OCH3 is 1. The molecule has 0 aliphatic carbocycles. The quantitative estimate of drug-likeness (QED) is 0.456. The third kappa shape index (κ3) is 6.95. The molecular formula is C16H22O4. The van der Waals surface area contributed by atoms with E-state index in [0.29, 0.717) is 13.2 Å². The molecule has 1 aromatic carbocycles. The van der Waals surface area contributed by atoms with Crippen LogP contribution in [0.15, 0.2) is 30.3 Å². The zero-order chi connectivity index (χ0) is 15.0. The molecule has 0 fully saturated rings. The van der Waals surface area contributed by atoms with Crippen LogP contribution in [0.3, 0.4) is 0 Å². The van der Waals surface area contributed by atoms with E-state index in [-0.39, 0.29) is 5.97 Å². The van der Waals surface area contributed by atoms with Crippen molar-refractivity contribution in [1.29, 1.82) is 0 Å². The van der Waals surface area contributed by atoms with Gasteiger partial charge in [-0.15, -0.1) is 0 Å². The van der Waals surface area contributed by atoms with E-state index in [4.69, 9.17) is 14.2 Å². The predicted molar refractivity (Wildman–Crippen MR) is 78.7 cm³/mol. The van der Waals surface area contributed by atoms with Crippen LogP contribution in [-0.2, 0) is 14.3 Å². The van der Waals surface area contributed by atoms with Gasteiger partial charge in [-0.2, -0.15) is 0 Å². The summed E-state index contributed by atoms with van der Waals surface area (Å²) in [6.45, 7) is 6.54. The van der Waals surface area contributed by atoms with Crippen LogP contribution in [0.4, 0.5) is 0 Å². The highest BCUT2D eigenvalue weighted by Gasteiger charge is 2.13. The first-order valence-electron chi connectivity index (χ1n) is 6.53. The molecule has 1 aromatic rings. The molecule has 0 aromatic heterocycles. The first-order chi connectivity index (χ1) is 9.40. The minimum Gasteiger partial charge on any atom is -0.491 e. The molecule has 0 bridgehead atoms. The Hall–Kier alpha value is -1.81. The Bertz CT molecular complexity index is 458. The van der Waals surface area contributed by atoms with Gasteiger partial charge in [0.25, 0.3) is 0 Å². The van der Waals surface area contributed by atoms with E-state index in [2.05, 4.69) is 0 Å². The maximum absolute atomic E-state index is 11.6. The fourth-order valence-corrected chi connectivity index (χ4v) is 1.45. The Morgan fingerprint density at radius 2 is 2.00 bits per heavy atom. The summed E-state index contributed by atoms with van der Waals surface area (Å²) in [5.74, 6) is 0.386. The van der Waals surface area contributed by atoms with Crippen molar-refractivity contribution in [2.24, 2.45) is 0 Å². The van der Waals surface area contributed by atoms with Crippen molar-refractivity contribution in [3.63, 3.8) is 0 Å². The van der Waals surface area contributed by atoms with Crippen LogP contribution in [0, 0.1) is 0 Å². The minimum absolute atomic E-state index is 0.358. The second kappa shape index (κ2) is 7.70. The second-order valence-electron chi connectivity index (χ2n) is 5.28. The maximum Gasteiger partial charge on any atom is 0.331 e. The van der Waals surface area contributed by atoms with Gasteiger partial charge in [-0.25, -0.2) is 4.79 Å². The van der Waals surface area contributed by atoms with Crippen LogP contribution < -0.4 is 4.74 Å². The maximum atomic E-state index is 11.6. The van der Waals surface area contributed by atoms with Crippen molar-refractivity contribution in [2.75, 3.05) is 20.3 Å². The lowest BCUT2D eigenvalue weighted by atomic mass is 10.2. The first-order valence-corrected chi connectivity index (χ1v) is 6.53. The van der Waals surface area contributed by atoms with Crippen LogP contribution in [0.5, 0.6) is 5.75 Å². The van der Waals surface area contributed by atoms with Gasteiger partial charge in [0.05, 0.1) is 6.61 Å². The number of carbonyl (C=O) groups excluding carboxylic acids is 1. The summed E-state index contributed by atoms with van der Waals surface area (Å²) in [6, 6.07) is 7.48. The lowest BCUT2D eigenvalue weighted by Crippen LogP contribution is -2.22. The summed E-state index contributed by atoms with van der Waals surface area (Å²) in [5, 5.41) is 0. The van der Waals surface area contributed by atoms with Crippen molar-refractivity contribution in [3.05, 3.63) is 35.9 Å².